The monoisotopic (exact) mass is 801 g/mol. The SMILES string of the molecule is COc1cc2c(cc1O)C1=CC3CC4(CCCC4)C(CCO)CC3C2CC(=O)CC(CCc2ccc(O)c(OCCO)c2)OC(=O)CC#CCc2c1[nH]c1ccccc21. The van der Waals surface area contributed by atoms with Crippen LogP contribution in [0.5, 0.6) is 23.0 Å². The predicted octanol–water partition coefficient (Wildman–Crippen LogP) is 7.92. The van der Waals surface area contributed by atoms with Gasteiger partial charge in [0.15, 0.2) is 23.0 Å². The van der Waals surface area contributed by atoms with Gasteiger partial charge in [0.05, 0.1) is 19.4 Å². The number of aromatic hydroxyl groups is 2. The van der Waals surface area contributed by atoms with E-state index in [4.69, 9.17) is 14.2 Å². The number of cyclic esters (lactones) is 1. The molecule has 8 rings (SSSR count). The van der Waals surface area contributed by atoms with Crippen LogP contribution in [0.25, 0.3) is 16.5 Å². The first-order chi connectivity index (χ1) is 28.7. The molecule has 5 atom stereocenters. The first kappa shape index (κ1) is 40.5. The van der Waals surface area contributed by atoms with Gasteiger partial charge in [0.25, 0.3) is 0 Å². The Morgan fingerprint density at radius 3 is 2.53 bits per heavy atom. The number of para-hydroxylation sites is 1. The number of phenolic OH excluding ortho intramolecular Hbond substituents is 2. The lowest BCUT2D eigenvalue weighted by Gasteiger charge is -2.50. The molecule has 10 nitrogen and oxygen atoms in total. The highest BCUT2D eigenvalue weighted by atomic mass is 16.5. The van der Waals surface area contributed by atoms with E-state index in [0.717, 1.165) is 76.5 Å². The van der Waals surface area contributed by atoms with E-state index in [-0.39, 0.29) is 85.3 Å². The molecular weight excluding hydrogens is 747 g/mol. The van der Waals surface area contributed by atoms with Crippen molar-refractivity contribution in [2.75, 3.05) is 26.9 Å². The molecule has 1 aliphatic heterocycles. The molecule has 2 fully saturated rings. The lowest BCUT2D eigenvalue weighted by molar-refractivity contribution is -0.149. The van der Waals surface area contributed by atoms with E-state index < -0.39 is 12.1 Å². The average molecular weight is 802 g/mol. The van der Waals surface area contributed by atoms with Crippen molar-refractivity contribution in [2.24, 2.45) is 23.2 Å². The maximum atomic E-state index is 14.7. The third-order valence-corrected chi connectivity index (χ3v) is 13.7. The molecule has 5 unspecified atom stereocenters. The van der Waals surface area contributed by atoms with Crippen LogP contribution in [-0.2, 0) is 27.2 Å². The molecule has 5 N–H and O–H groups in total. The predicted molar refractivity (Wildman–Crippen MR) is 224 cm³/mol. The number of esters is 1. The number of carbonyl (C=O) groups is 2. The van der Waals surface area contributed by atoms with Crippen molar-refractivity contribution in [2.45, 2.75) is 95.5 Å². The lowest BCUT2D eigenvalue weighted by atomic mass is 9.55. The van der Waals surface area contributed by atoms with Gasteiger partial charge >= 0.3 is 5.97 Å². The number of hydrogen-bond donors (Lipinski definition) is 5. The molecule has 2 saturated carbocycles. The second-order valence-electron chi connectivity index (χ2n) is 17.0. The molecular formula is C49H55NO9. The Labute approximate surface area is 345 Å². The highest BCUT2D eigenvalue weighted by Gasteiger charge is 2.51. The van der Waals surface area contributed by atoms with Crippen molar-refractivity contribution in [3.05, 3.63) is 88.6 Å². The molecule has 0 saturated heterocycles. The molecule has 10 heteroatoms. The van der Waals surface area contributed by atoms with E-state index in [1.54, 1.807) is 25.3 Å². The summed E-state index contributed by atoms with van der Waals surface area (Å²) in [5.74, 6) is 6.62. The summed E-state index contributed by atoms with van der Waals surface area (Å²) in [6.45, 7) is -0.0445. The summed E-state index contributed by atoms with van der Waals surface area (Å²) >= 11 is 0. The number of aromatic nitrogens is 1. The van der Waals surface area contributed by atoms with E-state index in [1.165, 1.54) is 18.9 Å². The first-order valence-corrected chi connectivity index (χ1v) is 21.3. The van der Waals surface area contributed by atoms with Gasteiger partial charge in [0.1, 0.15) is 24.9 Å². The molecule has 0 radical (unpaired) electrons. The highest BCUT2D eigenvalue weighted by Crippen LogP contribution is 2.61. The molecule has 1 aromatic heterocycles. The molecule has 3 aliphatic carbocycles. The number of aryl methyl sites for hydroxylation is 1. The number of carbonyl (C=O) groups excluding carboxylic acids is 2. The number of methoxy groups -OCH3 is 1. The molecule has 310 valence electrons. The normalized spacial score (nSPS) is 24.0. The van der Waals surface area contributed by atoms with Crippen molar-refractivity contribution in [1.82, 2.24) is 4.98 Å². The van der Waals surface area contributed by atoms with Gasteiger partial charge in [-0.15, -0.1) is 0 Å². The third-order valence-electron chi connectivity index (χ3n) is 13.7. The Balaban J connectivity index is 1.25. The maximum Gasteiger partial charge on any atom is 0.318 e. The lowest BCUT2D eigenvalue weighted by Crippen LogP contribution is -2.41. The van der Waals surface area contributed by atoms with Crippen LogP contribution in [0.4, 0.5) is 0 Å². The fourth-order valence-corrected chi connectivity index (χ4v) is 11.0. The molecule has 4 aliphatic rings. The van der Waals surface area contributed by atoms with E-state index in [9.17, 15) is 30.0 Å². The summed E-state index contributed by atoms with van der Waals surface area (Å²) in [4.78, 5) is 31.8. The minimum atomic E-state index is -0.722. The zero-order valence-corrected chi connectivity index (χ0v) is 33.8. The number of aromatic amines is 1. The van der Waals surface area contributed by atoms with Gasteiger partial charge in [-0.2, -0.15) is 0 Å². The van der Waals surface area contributed by atoms with E-state index >= 15 is 0 Å². The maximum absolute atomic E-state index is 14.7. The zero-order valence-electron chi connectivity index (χ0n) is 33.8. The topological polar surface area (TPSA) is 159 Å². The summed E-state index contributed by atoms with van der Waals surface area (Å²) in [5, 5.41) is 42.4. The fourth-order valence-electron chi connectivity index (χ4n) is 11.0. The van der Waals surface area contributed by atoms with E-state index in [0.29, 0.717) is 30.9 Å². The smallest absolute Gasteiger partial charge is 0.318 e. The van der Waals surface area contributed by atoms with Gasteiger partial charge < -0.3 is 39.6 Å². The van der Waals surface area contributed by atoms with Crippen LogP contribution in [0.15, 0.2) is 60.7 Å². The van der Waals surface area contributed by atoms with Crippen LogP contribution in [0.2, 0.25) is 0 Å². The first-order valence-electron chi connectivity index (χ1n) is 21.3. The number of benzene rings is 3. The summed E-state index contributed by atoms with van der Waals surface area (Å²) in [6.07, 6.45) is 10.1. The highest BCUT2D eigenvalue weighted by molar-refractivity contribution is 5.94. The zero-order chi connectivity index (χ0) is 41.1. The van der Waals surface area contributed by atoms with E-state index in [2.05, 4.69) is 35.0 Å². The van der Waals surface area contributed by atoms with Crippen LogP contribution < -0.4 is 9.47 Å². The fraction of sp³-hybridized carbons (Fsp3) is 0.469. The van der Waals surface area contributed by atoms with Crippen LogP contribution in [0, 0.1) is 35.0 Å². The molecule has 2 bridgehead atoms. The summed E-state index contributed by atoms with van der Waals surface area (Å²) in [5.41, 5.74) is 6.60. The Kier molecular flexibility index (Phi) is 12.1. The Bertz CT molecular complexity index is 2290. The second-order valence-corrected chi connectivity index (χ2v) is 17.0. The number of hydrogen-bond acceptors (Lipinski definition) is 9. The molecule has 4 aromatic rings. The third kappa shape index (κ3) is 8.33. The Hall–Kier alpha value is -5.24. The van der Waals surface area contributed by atoms with Gasteiger partial charge in [0, 0.05) is 42.3 Å². The van der Waals surface area contributed by atoms with Crippen LogP contribution in [0.1, 0.15) is 104 Å². The minimum absolute atomic E-state index is 0.0139. The van der Waals surface area contributed by atoms with Gasteiger partial charge in [-0.3, -0.25) is 9.59 Å². The quantitative estimate of drug-likeness (QED) is 0.0838. The van der Waals surface area contributed by atoms with Crippen molar-refractivity contribution in [3.8, 4) is 34.8 Å². The number of ketones is 1. The number of allylic oxidation sites excluding steroid dienone is 1. The van der Waals surface area contributed by atoms with Gasteiger partial charge in [-0.05, 0) is 127 Å². The van der Waals surface area contributed by atoms with Crippen LogP contribution in [0.3, 0.4) is 0 Å². The van der Waals surface area contributed by atoms with Crippen LogP contribution in [-0.4, -0.2) is 70.2 Å². The minimum Gasteiger partial charge on any atom is -0.504 e. The summed E-state index contributed by atoms with van der Waals surface area (Å²) in [6, 6.07) is 16.9. The summed E-state index contributed by atoms with van der Waals surface area (Å²) in [7, 11) is 1.54. The molecule has 1 spiro atoms. The summed E-state index contributed by atoms with van der Waals surface area (Å²) < 4.78 is 17.3. The standard InChI is InChI=1S/C49H55NO9/c1-57-45-28-40-38-26-33(53)25-34(14-12-30-13-15-43(54)46(22-30)58-21-20-52)59-47(56)11-5-3-9-36-35-8-2-4-10-42(35)50-48(36)41(39(40)27-44(45)55)23-31-29-49(17-6-7-18-49)32(16-19-51)24-37(31)38/h2,4,8,10,13,15,22-23,27-28,31-32,34,37-38,50-52,54-55H,6-7,9,11-12,14,16-21,24-26,29H2,1H3. The number of H-pyrrole nitrogens is 1. The van der Waals surface area contributed by atoms with Gasteiger partial charge in [-0.1, -0.05) is 55.0 Å². The molecule has 0 amide bonds. The number of Topliss-reactive ketones (excluding diaryl/α,β-unsaturated/α-hetero) is 1. The Morgan fingerprint density at radius 1 is 0.915 bits per heavy atom. The Morgan fingerprint density at radius 2 is 1.73 bits per heavy atom. The van der Waals surface area contributed by atoms with Gasteiger partial charge in [0.2, 0.25) is 0 Å². The number of phenols is 2. The number of fused-ring (bicyclic) bond motifs is 6. The number of aliphatic hydroxyl groups is 2. The van der Waals surface area contributed by atoms with Crippen molar-refractivity contribution in [1.29, 1.82) is 0 Å². The van der Waals surface area contributed by atoms with Crippen molar-refractivity contribution < 1.29 is 44.2 Å². The number of rotatable bonds is 9. The van der Waals surface area contributed by atoms with E-state index in [1.807, 2.05) is 18.2 Å². The number of nitrogens with one attached hydrogen (secondary N) is 1. The number of ether oxygens (including phenoxy) is 3. The molecule has 3 aromatic carbocycles. The van der Waals surface area contributed by atoms with Crippen molar-refractivity contribution in [3.63, 3.8) is 0 Å². The van der Waals surface area contributed by atoms with Crippen molar-refractivity contribution >= 4 is 28.2 Å². The van der Waals surface area contributed by atoms with Crippen LogP contribution >= 0.6 is 0 Å². The molecule has 2 heterocycles. The largest absolute Gasteiger partial charge is 0.504 e. The number of aliphatic hydroxyl groups excluding tert-OH is 2. The molecule has 59 heavy (non-hydrogen) atoms. The second kappa shape index (κ2) is 17.5. The average Bonchev–Trinajstić information content (AvgIpc) is 3.82. The van der Waals surface area contributed by atoms with Gasteiger partial charge in [-0.25, -0.2) is 0 Å².